The number of carbonyl (C=O) groups excluding carboxylic acids is 1. The molecule has 0 radical (unpaired) electrons. The average Bonchev–Trinajstić information content (AvgIpc) is 3.16. The molecular weight excluding hydrogens is 435 g/mol. The Bertz CT molecular complexity index is 1260. The number of carbonyl (C=O) groups is 1. The number of aromatic nitrogens is 2. The Hall–Kier alpha value is -4.08. The van der Waals surface area contributed by atoms with Gasteiger partial charge in [-0.2, -0.15) is 18.2 Å². The van der Waals surface area contributed by atoms with Gasteiger partial charge in [0, 0.05) is 23.1 Å². The van der Waals surface area contributed by atoms with Crippen LogP contribution in [0, 0.1) is 0 Å². The molecule has 1 atom stereocenters. The second-order valence-corrected chi connectivity index (χ2v) is 7.61. The highest BCUT2D eigenvalue weighted by atomic mass is 19.4. The van der Waals surface area contributed by atoms with Gasteiger partial charge in [-0.25, -0.2) is 4.98 Å². The fraction of sp³-hybridized carbons (Fsp3) is 0.174. The van der Waals surface area contributed by atoms with E-state index in [1.807, 2.05) is 24.3 Å². The maximum absolute atomic E-state index is 13.6. The van der Waals surface area contributed by atoms with Crippen LogP contribution in [0.1, 0.15) is 28.4 Å². The lowest BCUT2D eigenvalue weighted by molar-refractivity contribution is -0.137. The first kappa shape index (κ1) is 20.8. The van der Waals surface area contributed by atoms with E-state index in [9.17, 15) is 18.0 Å². The summed E-state index contributed by atoms with van der Waals surface area (Å²) in [7, 11) is 0. The third-order valence-electron chi connectivity index (χ3n) is 5.37. The molecule has 7 nitrogen and oxygen atoms in total. The number of fused-ring (bicyclic) bond motifs is 2. The SMILES string of the molecule is O=C1Cc2cc(Nc3ncc(C(F)(F)F)c(NCC4OC=Cc5ccccc54)n3)ccc2N1. The highest BCUT2D eigenvalue weighted by molar-refractivity contribution is 5.99. The number of hydrogen-bond acceptors (Lipinski definition) is 6. The van der Waals surface area contributed by atoms with E-state index in [2.05, 4.69) is 25.9 Å². The Morgan fingerprint density at radius 1 is 1.18 bits per heavy atom. The number of nitrogens with one attached hydrogen (secondary N) is 3. The van der Waals surface area contributed by atoms with E-state index >= 15 is 0 Å². The molecule has 2 aliphatic rings. The summed E-state index contributed by atoms with van der Waals surface area (Å²) in [5, 5.41) is 8.42. The summed E-state index contributed by atoms with van der Waals surface area (Å²) in [5.74, 6) is -0.470. The van der Waals surface area contributed by atoms with Crippen LogP contribution < -0.4 is 16.0 Å². The van der Waals surface area contributed by atoms with Gasteiger partial charge in [0.2, 0.25) is 11.9 Å². The normalized spacial score (nSPS) is 16.5. The minimum Gasteiger partial charge on any atom is -0.491 e. The average molecular weight is 453 g/mol. The maximum Gasteiger partial charge on any atom is 0.421 e. The van der Waals surface area contributed by atoms with E-state index < -0.39 is 17.8 Å². The summed E-state index contributed by atoms with van der Waals surface area (Å²) < 4.78 is 46.3. The van der Waals surface area contributed by atoms with Crippen molar-refractivity contribution in [2.75, 3.05) is 22.5 Å². The molecule has 10 heteroatoms. The van der Waals surface area contributed by atoms with Crippen molar-refractivity contribution >= 4 is 35.1 Å². The van der Waals surface area contributed by atoms with Gasteiger partial charge in [0.25, 0.3) is 0 Å². The smallest absolute Gasteiger partial charge is 0.421 e. The van der Waals surface area contributed by atoms with Gasteiger partial charge in [-0.1, -0.05) is 24.3 Å². The van der Waals surface area contributed by atoms with Gasteiger partial charge in [-0.15, -0.1) is 0 Å². The Kier molecular flexibility index (Phi) is 5.12. The molecule has 0 fully saturated rings. The second kappa shape index (κ2) is 8.12. The largest absolute Gasteiger partial charge is 0.491 e. The van der Waals surface area contributed by atoms with Crippen molar-refractivity contribution in [1.29, 1.82) is 0 Å². The van der Waals surface area contributed by atoms with E-state index in [-0.39, 0.29) is 30.6 Å². The lowest BCUT2D eigenvalue weighted by Gasteiger charge is -2.24. The summed E-state index contributed by atoms with van der Waals surface area (Å²) in [5.41, 5.74) is 2.90. The van der Waals surface area contributed by atoms with Crippen molar-refractivity contribution in [1.82, 2.24) is 9.97 Å². The van der Waals surface area contributed by atoms with Crippen LogP contribution in [-0.4, -0.2) is 22.4 Å². The third-order valence-corrected chi connectivity index (χ3v) is 5.37. The van der Waals surface area contributed by atoms with Crippen molar-refractivity contribution < 1.29 is 22.7 Å². The molecule has 3 aromatic rings. The van der Waals surface area contributed by atoms with Crippen molar-refractivity contribution in [3.05, 3.63) is 77.2 Å². The quantitative estimate of drug-likeness (QED) is 0.510. The van der Waals surface area contributed by atoms with Gasteiger partial charge in [-0.05, 0) is 35.4 Å². The van der Waals surface area contributed by atoms with Crippen LogP contribution in [-0.2, 0) is 22.1 Å². The van der Waals surface area contributed by atoms with Crippen molar-refractivity contribution in [3.8, 4) is 0 Å². The van der Waals surface area contributed by atoms with E-state index in [1.54, 1.807) is 24.3 Å². The van der Waals surface area contributed by atoms with Crippen LogP contribution in [0.25, 0.3) is 6.08 Å². The molecular formula is C23H18F3N5O2. The van der Waals surface area contributed by atoms with Gasteiger partial charge in [0.05, 0.1) is 19.2 Å². The minimum absolute atomic E-state index is 0.00686. The number of halogens is 3. The molecule has 1 unspecified atom stereocenters. The summed E-state index contributed by atoms with van der Waals surface area (Å²) in [6, 6.07) is 12.7. The first-order valence-corrected chi connectivity index (χ1v) is 10.2. The van der Waals surface area contributed by atoms with E-state index in [0.29, 0.717) is 11.4 Å². The highest BCUT2D eigenvalue weighted by Gasteiger charge is 2.35. The Morgan fingerprint density at radius 3 is 2.88 bits per heavy atom. The lowest BCUT2D eigenvalue weighted by atomic mass is 10.0. The number of nitrogens with zero attached hydrogens (tertiary/aromatic N) is 2. The van der Waals surface area contributed by atoms with Crippen molar-refractivity contribution in [2.24, 2.45) is 0 Å². The summed E-state index contributed by atoms with van der Waals surface area (Å²) in [4.78, 5) is 19.4. The van der Waals surface area contributed by atoms with Crippen molar-refractivity contribution in [3.63, 3.8) is 0 Å². The summed E-state index contributed by atoms with van der Waals surface area (Å²) in [6.45, 7) is 0.0769. The summed E-state index contributed by atoms with van der Waals surface area (Å²) >= 11 is 0. The minimum atomic E-state index is -4.63. The van der Waals surface area contributed by atoms with Gasteiger partial charge in [0.15, 0.2) is 0 Å². The number of anilines is 4. The predicted octanol–water partition coefficient (Wildman–Crippen LogP) is 4.89. The Labute approximate surface area is 186 Å². The Balaban J connectivity index is 1.38. The van der Waals surface area contributed by atoms with Crippen LogP contribution in [0.2, 0.25) is 0 Å². The molecule has 0 bridgehead atoms. The van der Waals surface area contributed by atoms with E-state index in [0.717, 1.165) is 22.9 Å². The highest BCUT2D eigenvalue weighted by Crippen LogP contribution is 2.35. The molecule has 1 amide bonds. The lowest BCUT2D eigenvalue weighted by Crippen LogP contribution is -2.20. The molecule has 0 saturated carbocycles. The molecule has 168 valence electrons. The topological polar surface area (TPSA) is 88.2 Å². The van der Waals surface area contributed by atoms with Crippen LogP contribution >= 0.6 is 0 Å². The van der Waals surface area contributed by atoms with Gasteiger partial charge in [-0.3, -0.25) is 4.79 Å². The monoisotopic (exact) mass is 453 g/mol. The molecule has 1 aromatic heterocycles. The standard InChI is InChI=1S/C23H18F3N5O2/c24-23(25,26)17-11-28-22(29-15-5-6-18-14(9-15)10-20(32)30-18)31-21(17)27-12-19-16-4-2-1-3-13(16)7-8-33-19/h1-9,11,19H,10,12H2,(H,30,32)(H2,27,28,29,31). The van der Waals surface area contributed by atoms with E-state index in [4.69, 9.17) is 4.74 Å². The number of rotatable bonds is 5. The van der Waals surface area contributed by atoms with E-state index in [1.165, 1.54) is 6.26 Å². The zero-order valence-electron chi connectivity index (χ0n) is 17.1. The van der Waals surface area contributed by atoms with Crippen molar-refractivity contribution in [2.45, 2.75) is 18.7 Å². The van der Waals surface area contributed by atoms with Gasteiger partial charge < -0.3 is 20.7 Å². The van der Waals surface area contributed by atoms with Crippen LogP contribution in [0.15, 0.2) is 54.9 Å². The molecule has 0 aliphatic carbocycles. The second-order valence-electron chi connectivity index (χ2n) is 7.61. The Morgan fingerprint density at radius 2 is 2.03 bits per heavy atom. The molecule has 2 aliphatic heterocycles. The number of ether oxygens (including phenoxy) is 1. The molecule has 0 spiro atoms. The molecule has 3 N–H and O–H groups in total. The third kappa shape index (κ3) is 4.32. The number of alkyl halides is 3. The first-order chi connectivity index (χ1) is 15.9. The molecule has 2 aromatic carbocycles. The molecule has 5 rings (SSSR count). The fourth-order valence-electron chi connectivity index (χ4n) is 3.80. The van der Waals surface area contributed by atoms with Crippen LogP contribution in [0.5, 0.6) is 0 Å². The fourth-order valence-corrected chi connectivity index (χ4v) is 3.80. The van der Waals surface area contributed by atoms with Gasteiger partial charge >= 0.3 is 6.18 Å². The number of benzene rings is 2. The number of hydrogen-bond donors (Lipinski definition) is 3. The molecule has 33 heavy (non-hydrogen) atoms. The number of amides is 1. The zero-order chi connectivity index (χ0) is 23.0. The molecule has 0 saturated heterocycles. The zero-order valence-corrected chi connectivity index (χ0v) is 17.1. The van der Waals surface area contributed by atoms with Crippen LogP contribution in [0.4, 0.5) is 36.3 Å². The summed E-state index contributed by atoms with van der Waals surface area (Å²) in [6.07, 6.45) is -0.792. The predicted molar refractivity (Wildman–Crippen MR) is 117 cm³/mol. The molecule has 3 heterocycles. The van der Waals surface area contributed by atoms with Gasteiger partial charge in [0.1, 0.15) is 17.5 Å². The van der Waals surface area contributed by atoms with Crippen LogP contribution in [0.3, 0.4) is 0 Å². The maximum atomic E-state index is 13.6. The first-order valence-electron chi connectivity index (χ1n) is 10.2.